The molecule has 24 heavy (non-hydrogen) atoms. The highest BCUT2D eigenvalue weighted by Crippen LogP contribution is 2.27. The maximum atomic E-state index is 5.85. The van der Waals surface area contributed by atoms with E-state index >= 15 is 0 Å². The van der Waals surface area contributed by atoms with Crippen LogP contribution in [0.5, 0.6) is 0 Å². The Hall–Kier alpha value is -1.57. The van der Waals surface area contributed by atoms with Crippen molar-refractivity contribution in [2.45, 2.75) is 32.4 Å². The summed E-state index contributed by atoms with van der Waals surface area (Å²) >= 11 is 3.38. The van der Waals surface area contributed by atoms with Gasteiger partial charge < -0.3 is 9.30 Å². The van der Waals surface area contributed by atoms with Gasteiger partial charge in [0.05, 0.1) is 18.1 Å². The zero-order valence-corrected chi connectivity index (χ0v) is 16.7. The van der Waals surface area contributed by atoms with Crippen molar-refractivity contribution in [2.75, 3.05) is 6.61 Å². The Labute approximate surface area is 151 Å². The maximum Gasteiger partial charge on any atom is 0.142 e. The Morgan fingerprint density at radius 3 is 2.79 bits per heavy atom. The van der Waals surface area contributed by atoms with Gasteiger partial charge in [-0.2, -0.15) is 0 Å². The number of nitrogens with zero attached hydrogens (tertiary/aromatic N) is 4. The van der Waals surface area contributed by atoms with Crippen LogP contribution >= 0.6 is 15.9 Å². The summed E-state index contributed by atoms with van der Waals surface area (Å²) in [6.07, 6.45) is 7.26. The summed E-state index contributed by atoms with van der Waals surface area (Å²) in [7, 11) is -1.06. The van der Waals surface area contributed by atoms with E-state index in [1.54, 1.807) is 18.6 Å². The van der Waals surface area contributed by atoms with Crippen LogP contribution in [0.15, 0.2) is 41.5 Å². The first kappa shape index (κ1) is 17.3. The lowest BCUT2D eigenvalue weighted by atomic mass is 10.1. The molecule has 0 aliphatic rings. The van der Waals surface area contributed by atoms with Crippen LogP contribution in [0.3, 0.4) is 0 Å². The molecule has 0 amide bonds. The van der Waals surface area contributed by atoms with Gasteiger partial charge in [-0.15, -0.1) is 0 Å². The van der Waals surface area contributed by atoms with Crippen LogP contribution in [-0.2, 0) is 11.5 Å². The lowest BCUT2D eigenvalue weighted by Gasteiger charge is -2.15. The molecule has 0 saturated heterocycles. The number of fused-ring (bicyclic) bond motifs is 1. The van der Waals surface area contributed by atoms with Crippen molar-refractivity contribution >= 4 is 35.0 Å². The van der Waals surface area contributed by atoms with Crippen LogP contribution < -0.4 is 0 Å². The summed E-state index contributed by atoms with van der Waals surface area (Å²) < 4.78 is 8.61. The number of aromatic nitrogens is 4. The SMILES string of the molecule is C[Si](C)(C)CCOCn1ccc2c(-c3cncc(Br)n3)ccnc21. The molecule has 3 rings (SSSR count). The van der Waals surface area contributed by atoms with Gasteiger partial charge in [-0.25, -0.2) is 9.97 Å². The third-order valence-corrected chi connectivity index (χ3v) is 5.86. The fraction of sp³-hybridized carbons (Fsp3) is 0.353. The predicted octanol–water partition coefficient (Wildman–Crippen LogP) is 4.57. The summed E-state index contributed by atoms with van der Waals surface area (Å²) in [6.45, 7) is 8.39. The Morgan fingerprint density at radius 2 is 2.04 bits per heavy atom. The van der Waals surface area contributed by atoms with Crippen molar-refractivity contribution in [1.29, 1.82) is 0 Å². The van der Waals surface area contributed by atoms with E-state index in [9.17, 15) is 0 Å². The average Bonchev–Trinajstić information content (AvgIpc) is 2.94. The first-order chi connectivity index (χ1) is 11.4. The fourth-order valence-electron chi connectivity index (χ4n) is 2.43. The van der Waals surface area contributed by atoms with Gasteiger partial charge in [0.15, 0.2) is 0 Å². The van der Waals surface area contributed by atoms with Gasteiger partial charge in [-0.1, -0.05) is 19.6 Å². The van der Waals surface area contributed by atoms with E-state index in [1.807, 2.05) is 16.8 Å². The summed E-state index contributed by atoms with van der Waals surface area (Å²) in [5.41, 5.74) is 2.76. The molecule has 0 spiro atoms. The third-order valence-electron chi connectivity index (χ3n) is 3.77. The minimum Gasteiger partial charge on any atom is -0.361 e. The largest absolute Gasteiger partial charge is 0.361 e. The topological polar surface area (TPSA) is 52.8 Å². The summed E-state index contributed by atoms with van der Waals surface area (Å²) in [6, 6.07) is 5.19. The molecule has 0 N–H and O–H groups in total. The van der Waals surface area contributed by atoms with Crippen LogP contribution in [-0.4, -0.2) is 34.2 Å². The van der Waals surface area contributed by atoms with Gasteiger partial charge in [-0.3, -0.25) is 4.98 Å². The molecule has 126 valence electrons. The first-order valence-electron chi connectivity index (χ1n) is 7.93. The molecule has 3 aromatic heterocycles. The summed E-state index contributed by atoms with van der Waals surface area (Å²) in [5, 5.41) is 1.05. The molecule has 5 nitrogen and oxygen atoms in total. The Kier molecular flexibility index (Phi) is 5.12. The molecule has 0 aliphatic heterocycles. The van der Waals surface area contributed by atoms with Crippen LogP contribution in [0.4, 0.5) is 0 Å². The van der Waals surface area contributed by atoms with E-state index < -0.39 is 8.07 Å². The zero-order chi connectivity index (χ0) is 17.2. The van der Waals surface area contributed by atoms with Gasteiger partial charge in [0.2, 0.25) is 0 Å². The Bertz CT molecular complexity index is 844. The number of halogens is 1. The van der Waals surface area contributed by atoms with E-state index in [0.29, 0.717) is 6.73 Å². The van der Waals surface area contributed by atoms with Crippen molar-refractivity contribution in [1.82, 2.24) is 19.5 Å². The molecule has 3 aromatic rings. The minimum absolute atomic E-state index is 0.522. The van der Waals surface area contributed by atoms with E-state index in [2.05, 4.69) is 56.6 Å². The molecule has 0 atom stereocenters. The highest BCUT2D eigenvalue weighted by molar-refractivity contribution is 9.10. The molecule has 0 aliphatic carbocycles. The number of hydrogen-bond donors (Lipinski definition) is 0. The molecule has 7 heteroatoms. The maximum absolute atomic E-state index is 5.85. The lowest BCUT2D eigenvalue weighted by molar-refractivity contribution is 0.0899. The number of pyridine rings is 1. The molecular formula is C17H21BrN4OSi. The van der Waals surface area contributed by atoms with Gasteiger partial charge in [-0.05, 0) is 34.1 Å². The average molecular weight is 405 g/mol. The predicted molar refractivity (Wildman–Crippen MR) is 103 cm³/mol. The van der Waals surface area contributed by atoms with Crippen LogP contribution in [0.2, 0.25) is 25.7 Å². The quantitative estimate of drug-likeness (QED) is 0.445. The fourth-order valence-corrected chi connectivity index (χ4v) is 3.50. The molecule has 0 saturated carbocycles. The lowest BCUT2D eigenvalue weighted by Crippen LogP contribution is -2.22. The van der Waals surface area contributed by atoms with Gasteiger partial charge in [0.1, 0.15) is 17.0 Å². The standard InChI is InChI=1S/C17H21BrN4OSi/c1-24(2,3)9-8-23-12-22-7-5-14-13(4-6-20-17(14)22)15-10-19-11-16(18)21-15/h4-7,10-11H,8-9,12H2,1-3H3. The van der Waals surface area contributed by atoms with Crippen molar-refractivity contribution in [3.8, 4) is 11.3 Å². The van der Waals surface area contributed by atoms with Crippen LogP contribution in [0.1, 0.15) is 0 Å². The van der Waals surface area contributed by atoms with E-state index in [4.69, 9.17) is 4.74 Å². The van der Waals surface area contributed by atoms with Gasteiger partial charge in [0, 0.05) is 38.0 Å². The number of rotatable bonds is 6. The highest BCUT2D eigenvalue weighted by atomic mass is 79.9. The molecule has 0 radical (unpaired) electrons. The van der Waals surface area contributed by atoms with E-state index in [0.717, 1.165) is 33.5 Å². The second kappa shape index (κ2) is 7.12. The zero-order valence-electron chi connectivity index (χ0n) is 14.2. The van der Waals surface area contributed by atoms with E-state index in [-0.39, 0.29) is 0 Å². The molecule has 0 aromatic carbocycles. The van der Waals surface area contributed by atoms with Crippen LogP contribution in [0, 0.1) is 0 Å². The van der Waals surface area contributed by atoms with Gasteiger partial charge >= 0.3 is 0 Å². The second-order valence-corrected chi connectivity index (χ2v) is 13.4. The normalized spacial score (nSPS) is 12.0. The molecule has 3 heterocycles. The van der Waals surface area contributed by atoms with Crippen molar-refractivity contribution in [3.63, 3.8) is 0 Å². The summed E-state index contributed by atoms with van der Waals surface area (Å²) in [5.74, 6) is 0. The Balaban J connectivity index is 1.82. The number of ether oxygens (including phenoxy) is 1. The number of hydrogen-bond acceptors (Lipinski definition) is 4. The summed E-state index contributed by atoms with van der Waals surface area (Å²) in [4.78, 5) is 13.2. The first-order valence-corrected chi connectivity index (χ1v) is 12.4. The van der Waals surface area contributed by atoms with E-state index in [1.165, 1.54) is 6.04 Å². The van der Waals surface area contributed by atoms with Crippen molar-refractivity contribution in [2.24, 2.45) is 0 Å². The van der Waals surface area contributed by atoms with Gasteiger partial charge in [0.25, 0.3) is 0 Å². The highest BCUT2D eigenvalue weighted by Gasteiger charge is 2.13. The van der Waals surface area contributed by atoms with Crippen molar-refractivity contribution in [3.05, 3.63) is 41.5 Å². The third kappa shape index (κ3) is 4.09. The minimum atomic E-state index is -1.06. The molecule has 0 unspecified atom stereocenters. The van der Waals surface area contributed by atoms with Crippen LogP contribution in [0.25, 0.3) is 22.3 Å². The second-order valence-electron chi connectivity index (χ2n) is 6.96. The monoisotopic (exact) mass is 404 g/mol. The molecular weight excluding hydrogens is 384 g/mol. The Morgan fingerprint density at radius 1 is 1.21 bits per heavy atom. The molecule has 0 fully saturated rings. The molecule has 0 bridgehead atoms. The van der Waals surface area contributed by atoms with Crippen molar-refractivity contribution < 1.29 is 4.74 Å². The smallest absolute Gasteiger partial charge is 0.142 e.